The lowest BCUT2D eigenvalue weighted by atomic mass is 10.0. The molecule has 0 saturated heterocycles. The van der Waals surface area contributed by atoms with Crippen molar-refractivity contribution in [3.05, 3.63) is 243 Å². The van der Waals surface area contributed by atoms with Crippen molar-refractivity contribution in [1.82, 2.24) is 9.13 Å². The van der Waals surface area contributed by atoms with E-state index < -0.39 is 8.07 Å². The van der Waals surface area contributed by atoms with Gasteiger partial charge in [-0.05, 0) is 92.5 Å². The molecule has 300 valence electrons. The monoisotopic (exact) mass is 832 g/mol. The lowest BCUT2D eigenvalue weighted by Crippen LogP contribution is -2.74. The summed E-state index contributed by atoms with van der Waals surface area (Å²) in [4.78, 5) is 0. The Labute approximate surface area is 371 Å². The van der Waals surface area contributed by atoms with E-state index in [2.05, 4.69) is 240 Å². The Morgan fingerprint density at radius 3 is 1.45 bits per heavy atom. The van der Waals surface area contributed by atoms with E-state index in [1.807, 2.05) is 12.1 Å². The van der Waals surface area contributed by atoms with Crippen molar-refractivity contribution in [2.75, 3.05) is 0 Å². The Bertz CT molecular complexity index is 3790. The molecule has 64 heavy (non-hydrogen) atoms. The highest BCUT2D eigenvalue weighted by Gasteiger charge is 2.41. The zero-order valence-electron chi connectivity index (χ0n) is 34.9. The molecule has 10 aromatic carbocycles. The van der Waals surface area contributed by atoms with Gasteiger partial charge in [-0.25, -0.2) is 0 Å². The summed E-state index contributed by atoms with van der Waals surface area (Å²) in [5.41, 5.74) is 11.1. The highest BCUT2D eigenvalue weighted by molar-refractivity contribution is 7.19. The predicted octanol–water partition coefficient (Wildman–Crippen LogP) is 12.8. The summed E-state index contributed by atoms with van der Waals surface area (Å²) in [5, 5.41) is 12.6. The molecule has 0 atom stereocenters. The van der Waals surface area contributed by atoms with Crippen molar-refractivity contribution in [2.45, 2.75) is 0 Å². The molecule has 0 aliphatic rings. The standard InChI is InChI=1S/C60H40N2OSi/c1-4-17-44(18-5-1)64(45-19-6-2-7-20-45,46-21-8-3-9-22-46)47-35-33-43(34-36-47)61-54-27-13-10-23-48(54)52-26-16-29-57(60(52)61)62-55-28-14-11-24-49(55)53-39-41(32-38-56(53)62)42-31-37-51-50-25-12-15-30-58(50)63-59(51)40-42/h1-40H. The number of nitrogens with zero attached hydrogens (tertiary/aromatic N) is 2. The summed E-state index contributed by atoms with van der Waals surface area (Å²) >= 11 is 0. The van der Waals surface area contributed by atoms with Gasteiger partial charge in [0, 0.05) is 38.0 Å². The van der Waals surface area contributed by atoms with Crippen LogP contribution in [0.5, 0.6) is 0 Å². The van der Waals surface area contributed by atoms with E-state index >= 15 is 0 Å². The maximum absolute atomic E-state index is 6.33. The molecule has 0 spiro atoms. The van der Waals surface area contributed by atoms with Gasteiger partial charge in [0.25, 0.3) is 0 Å². The topological polar surface area (TPSA) is 23.0 Å². The first-order valence-corrected chi connectivity index (χ1v) is 24.0. The smallest absolute Gasteiger partial charge is 0.179 e. The first-order chi connectivity index (χ1) is 31.8. The predicted molar refractivity (Wildman–Crippen MR) is 271 cm³/mol. The molecule has 4 heteroatoms. The summed E-state index contributed by atoms with van der Waals surface area (Å²) < 4.78 is 11.3. The fourth-order valence-electron chi connectivity index (χ4n) is 10.7. The van der Waals surface area contributed by atoms with Gasteiger partial charge in [-0.15, -0.1) is 0 Å². The summed E-state index contributed by atoms with van der Waals surface area (Å²) in [6, 6.07) is 89.3. The van der Waals surface area contributed by atoms with Crippen molar-refractivity contribution < 1.29 is 4.42 Å². The fraction of sp³-hybridized carbons (Fsp3) is 0. The maximum Gasteiger partial charge on any atom is 0.179 e. The largest absolute Gasteiger partial charge is 0.456 e. The van der Waals surface area contributed by atoms with Crippen LogP contribution in [0.4, 0.5) is 0 Å². The van der Waals surface area contributed by atoms with Crippen LogP contribution in [0.3, 0.4) is 0 Å². The van der Waals surface area contributed by atoms with Crippen molar-refractivity contribution in [1.29, 1.82) is 0 Å². The Morgan fingerprint density at radius 2 is 0.781 bits per heavy atom. The molecule has 0 aliphatic carbocycles. The van der Waals surface area contributed by atoms with E-state index in [4.69, 9.17) is 4.42 Å². The van der Waals surface area contributed by atoms with Gasteiger partial charge in [0.1, 0.15) is 11.2 Å². The number of fused-ring (bicyclic) bond motifs is 9. The molecule has 3 heterocycles. The van der Waals surface area contributed by atoms with Gasteiger partial charge in [0.2, 0.25) is 0 Å². The van der Waals surface area contributed by atoms with Crippen molar-refractivity contribution >= 4 is 94.4 Å². The first kappa shape index (κ1) is 36.5. The van der Waals surface area contributed by atoms with Crippen LogP contribution in [0.2, 0.25) is 0 Å². The second-order valence-corrected chi connectivity index (χ2v) is 20.6. The summed E-state index contributed by atoms with van der Waals surface area (Å²) in [6.07, 6.45) is 0. The summed E-state index contributed by atoms with van der Waals surface area (Å²) in [5.74, 6) is 0. The van der Waals surface area contributed by atoms with Crippen LogP contribution in [0.1, 0.15) is 0 Å². The third-order valence-corrected chi connectivity index (χ3v) is 18.3. The van der Waals surface area contributed by atoms with Crippen LogP contribution >= 0.6 is 0 Å². The molecule has 0 saturated carbocycles. The number of benzene rings is 10. The van der Waals surface area contributed by atoms with Crippen molar-refractivity contribution in [2.24, 2.45) is 0 Å². The van der Waals surface area contributed by atoms with Gasteiger partial charge in [-0.1, -0.05) is 182 Å². The molecule has 0 aliphatic heterocycles. The molecule has 3 aromatic heterocycles. The second kappa shape index (κ2) is 14.5. The van der Waals surface area contributed by atoms with Crippen LogP contribution in [0.25, 0.3) is 88.1 Å². The third kappa shape index (κ3) is 5.39. The van der Waals surface area contributed by atoms with E-state index in [1.165, 1.54) is 64.4 Å². The number of hydrogen-bond acceptors (Lipinski definition) is 1. The molecular formula is C60H40N2OSi. The molecular weight excluding hydrogens is 793 g/mol. The minimum atomic E-state index is -2.70. The van der Waals surface area contributed by atoms with Crippen LogP contribution in [0, 0.1) is 0 Å². The summed E-state index contributed by atoms with van der Waals surface area (Å²) in [7, 11) is -2.70. The first-order valence-electron chi connectivity index (χ1n) is 22.0. The van der Waals surface area contributed by atoms with Gasteiger partial charge < -0.3 is 13.6 Å². The van der Waals surface area contributed by atoms with Crippen molar-refractivity contribution in [3.8, 4) is 22.5 Å². The number of furan rings is 1. The van der Waals surface area contributed by atoms with Crippen LogP contribution < -0.4 is 20.7 Å². The highest BCUT2D eigenvalue weighted by Crippen LogP contribution is 2.41. The van der Waals surface area contributed by atoms with E-state index in [-0.39, 0.29) is 0 Å². The molecule has 13 aromatic rings. The van der Waals surface area contributed by atoms with E-state index in [9.17, 15) is 0 Å². The normalized spacial score (nSPS) is 12.1. The van der Waals surface area contributed by atoms with Gasteiger partial charge in [-0.2, -0.15) is 0 Å². The van der Waals surface area contributed by atoms with Gasteiger partial charge in [-0.3, -0.25) is 0 Å². The zero-order valence-corrected chi connectivity index (χ0v) is 35.9. The molecule has 0 amide bonds. The maximum atomic E-state index is 6.33. The summed E-state index contributed by atoms with van der Waals surface area (Å²) in [6.45, 7) is 0. The molecule has 0 unspecified atom stereocenters. The van der Waals surface area contributed by atoms with Crippen LogP contribution in [0.15, 0.2) is 247 Å². The van der Waals surface area contributed by atoms with Gasteiger partial charge >= 0.3 is 0 Å². The second-order valence-electron chi connectivity index (χ2n) is 16.8. The Kier molecular flexibility index (Phi) is 8.23. The average Bonchev–Trinajstić information content (AvgIpc) is 4.03. The minimum absolute atomic E-state index is 0.905. The van der Waals surface area contributed by atoms with E-state index in [1.54, 1.807) is 0 Å². The highest BCUT2D eigenvalue weighted by atomic mass is 28.3. The van der Waals surface area contributed by atoms with E-state index in [0.717, 1.165) is 44.4 Å². The number of para-hydroxylation sites is 4. The molecule has 0 bridgehead atoms. The third-order valence-electron chi connectivity index (χ3n) is 13.5. The molecule has 0 radical (unpaired) electrons. The van der Waals surface area contributed by atoms with Crippen LogP contribution in [-0.2, 0) is 0 Å². The van der Waals surface area contributed by atoms with Gasteiger partial charge in [0.15, 0.2) is 8.07 Å². The number of aromatic nitrogens is 2. The molecule has 0 N–H and O–H groups in total. The lowest BCUT2D eigenvalue weighted by molar-refractivity contribution is 0.669. The molecule has 3 nitrogen and oxygen atoms in total. The van der Waals surface area contributed by atoms with Crippen molar-refractivity contribution in [3.63, 3.8) is 0 Å². The Hall–Kier alpha value is -8.18. The lowest BCUT2D eigenvalue weighted by Gasteiger charge is -2.34. The number of hydrogen-bond donors (Lipinski definition) is 0. The minimum Gasteiger partial charge on any atom is -0.456 e. The zero-order chi connectivity index (χ0) is 42.2. The molecule has 0 fully saturated rings. The Morgan fingerprint density at radius 1 is 0.297 bits per heavy atom. The molecule has 13 rings (SSSR count). The van der Waals surface area contributed by atoms with E-state index in [0.29, 0.717) is 0 Å². The fourth-order valence-corrected chi connectivity index (χ4v) is 15.4. The quantitative estimate of drug-likeness (QED) is 0.116. The van der Waals surface area contributed by atoms with Gasteiger partial charge in [0.05, 0.1) is 27.8 Å². The SMILES string of the molecule is c1ccc([Si](c2ccccc2)(c2ccccc2)c2ccc(-n3c4ccccc4c4cccc(-n5c6ccccc6c6cc(-c7ccc8c(c7)oc7ccccc78)ccc65)c43)cc2)cc1. The average molecular weight is 833 g/mol. The van der Waals surface area contributed by atoms with Crippen LogP contribution in [-0.4, -0.2) is 17.2 Å². The number of rotatable bonds is 7. The Balaban J connectivity index is 1.02.